The van der Waals surface area contributed by atoms with Crippen molar-refractivity contribution in [2.75, 3.05) is 17.7 Å². The number of hydrogen-bond donors (Lipinski definition) is 3. The highest BCUT2D eigenvalue weighted by Crippen LogP contribution is 2.17. The molecule has 2 aromatic rings. The zero-order valence-electron chi connectivity index (χ0n) is 12.3. The Bertz CT molecular complexity index is 608. The normalized spacial score (nSPS) is 9.68. The standard InChI is InChI=1S/C15H18N4O2.ClH/c1-2-10-21-15(20)18-12-8-9-13(19-14(12)16)17-11-6-4-3-5-7-11;/h3-9H,2,10H2,1H3,(H,18,20)(H3,16,17,19);1H. The molecule has 0 aliphatic rings. The molecule has 1 aromatic carbocycles. The monoisotopic (exact) mass is 322 g/mol. The van der Waals surface area contributed by atoms with Crippen LogP contribution in [0.25, 0.3) is 0 Å². The van der Waals surface area contributed by atoms with E-state index in [1.54, 1.807) is 12.1 Å². The quantitative estimate of drug-likeness (QED) is 0.625. The molecule has 7 heteroatoms. The average molecular weight is 323 g/mol. The molecule has 1 aromatic heterocycles. The number of rotatable bonds is 5. The molecule has 2 rings (SSSR count). The molecule has 5 N–H and O–H groups in total. The molecule has 0 unspecified atom stereocenters. The second-order valence-electron chi connectivity index (χ2n) is 4.48. The predicted molar refractivity (Wildman–Crippen MR) is 81.6 cm³/mol. The van der Waals surface area contributed by atoms with Crippen LogP contribution >= 0.6 is 0 Å². The van der Waals surface area contributed by atoms with Gasteiger partial charge in [-0.15, -0.1) is 0 Å². The summed E-state index contributed by atoms with van der Waals surface area (Å²) in [7, 11) is 0. The van der Waals surface area contributed by atoms with E-state index >= 15 is 0 Å². The van der Waals surface area contributed by atoms with Crippen LogP contribution in [0.1, 0.15) is 13.3 Å². The first-order valence-corrected chi connectivity index (χ1v) is 6.79. The maximum Gasteiger partial charge on any atom is 0.411 e. The first-order chi connectivity index (χ1) is 10.2. The molecule has 1 heterocycles. The SMILES string of the molecule is CCCOC(=O)Nc1ccc([NH2+]c2ccccc2)nc1N.[Cl-]. The molecule has 0 radical (unpaired) electrons. The van der Waals surface area contributed by atoms with Gasteiger partial charge < -0.3 is 22.9 Å². The van der Waals surface area contributed by atoms with Crippen LogP contribution in [0.2, 0.25) is 0 Å². The van der Waals surface area contributed by atoms with Crippen molar-refractivity contribution in [2.24, 2.45) is 0 Å². The van der Waals surface area contributed by atoms with Crippen LogP contribution < -0.4 is 28.8 Å². The molecule has 0 saturated heterocycles. The van der Waals surface area contributed by atoms with Crippen LogP contribution in [-0.4, -0.2) is 17.7 Å². The Morgan fingerprint density at radius 1 is 1.27 bits per heavy atom. The van der Waals surface area contributed by atoms with Gasteiger partial charge in [0.25, 0.3) is 0 Å². The van der Waals surface area contributed by atoms with E-state index in [4.69, 9.17) is 10.5 Å². The van der Waals surface area contributed by atoms with Crippen molar-refractivity contribution in [3.05, 3.63) is 42.5 Å². The Morgan fingerprint density at radius 3 is 2.64 bits per heavy atom. The van der Waals surface area contributed by atoms with Gasteiger partial charge in [0, 0.05) is 6.07 Å². The van der Waals surface area contributed by atoms with Gasteiger partial charge in [-0.25, -0.2) is 4.79 Å². The zero-order chi connectivity index (χ0) is 15.1. The van der Waals surface area contributed by atoms with Crippen molar-refractivity contribution in [3.63, 3.8) is 0 Å². The minimum absolute atomic E-state index is 0. The number of amides is 1. The largest absolute Gasteiger partial charge is 1.00 e. The summed E-state index contributed by atoms with van der Waals surface area (Å²) in [6, 6.07) is 13.3. The van der Waals surface area contributed by atoms with E-state index in [0.29, 0.717) is 12.3 Å². The summed E-state index contributed by atoms with van der Waals surface area (Å²) in [5.41, 5.74) is 7.33. The lowest BCUT2D eigenvalue weighted by Crippen LogP contribution is -3.00. The lowest BCUT2D eigenvalue weighted by atomic mass is 10.3. The van der Waals surface area contributed by atoms with Crippen molar-refractivity contribution in [1.82, 2.24) is 4.98 Å². The van der Waals surface area contributed by atoms with Gasteiger partial charge in [0.05, 0.1) is 12.3 Å². The summed E-state index contributed by atoms with van der Waals surface area (Å²) in [6.45, 7) is 2.30. The van der Waals surface area contributed by atoms with Crippen molar-refractivity contribution in [2.45, 2.75) is 13.3 Å². The third-order valence-electron chi connectivity index (χ3n) is 2.73. The fraction of sp³-hybridized carbons (Fsp3) is 0.200. The number of para-hydroxylation sites is 1. The van der Waals surface area contributed by atoms with Gasteiger partial charge in [-0.1, -0.05) is 25.1 Å². The summed E-state index contributed by atoms with van der Waals surface area (Å²) >= 11 is 0. The first kappa shape index (κ1) is 17.7. The minimum atomic E-state index is -0.523. The van der Waals surface area contributed by atoms with Crippen LogP contribution in [0, 0.1) is 0 Å². The number of nitrogens with zero attached hydrogens (tertiary/aromatic N) is 1. The van der Waals surface area contributed by atoms with Gasteiger partial charge in [0.1, 0.15) is 5.69 Å². The number of ether oxygens (including phenoxy) is 1. The summed E-state index contributed by atoms with van der Waals surface area (Å²) < 4.78 is 4.93. The number of nitrogens with one attached hydrogen (secondary N) is 1. The Balaban J connectivity index is 0.00000242. The van der Waals surface area contributed by atoms with Crippen LogP contribution in [0.15, 0.2) is 42.5 Å². The number of halogens is 1. The van der Waals surface area contributed by atoms with Crippen molar-refractivity contribution >= 4 is 29.1 Å². The number of pyridine rings is 1. The highest BCUT2D eigenvalue weighted by Gasteiger charge is 2.09. The predicted octanol–water partition coefficient (Wildman–Crippen LogP) is -0.847. The molecule has 0 saturated carbocycles. The minimum Gasteiger partial charge on any atom is -1.00 e. The average Bonchev–Trinajstić information content (AvgIpc) is 2.49. The smallest absolute Gasteiger partial charge is 0.411 e. The van der Waals surface area contributed by atoms with Crippen molar-refractivity contribution < 1.29 is 27.3 Å². The molecule has 1 amide bonds. The number of quaternary nitrogens is 1. The Kier molecular flexibility index (Phi) is 7.15. The zero-order valence-corrected chi connectivity index (χ0v) is 13.0. The molecular weight excluding hydrogens is 304 g/mol. The van der Waals surface area contributed by atoms with Gasteiger partial charge in [-0.3, -0.25) is 10.6 Å². The topological polar surface area (TPSA) is 93.8 Å². The number of carbonyl (C=O) groups is 1. The van der Waals surface area contributed by atoms with Crippen LogP contribution in [-0.2, 0) is 4.74 Å². The fourth-order valence-corrected chi connectivity index (χ4v) is 1.74. The Labute approximate surface area is 135 Å². The molecule has 0 fully saturated rings. The van der Waals surface area contributed by atoms with E-state index < -0.39 is 6.09 Å². The first-order valence-electron chi connectivity index (χ1n) is 6.79. The number of nitrogen functional groups attached to an aromatic ring is 1. The lowest BCUT2D eigenvalue weighted by molar-refractivity contribution is -0.482. The molecule has 6 nitrogen and oxygen atoms in total. The van der Waals surface area contributed by atoms with Gasteiger partial charge in [0.2, 0.25) is 5.82 Å². The van der Waals surface area contributed by atoms with E-state index in [0.717, 1.165) is 17.9 Å². The van der Waals surface area contributed by atoms with E-state index in [-0.39, 0.29) is 18.2 Å². The molecule has 118 valence electrons. The summed E-state index contributed by atoms with van der Waals surface area (Å²) in [4.78, 5) is 15.7. The number of anilines is 2. The highest BCUT2D eigenvalue weighted by molar-refractivity contribution is 5.88. The summed E-state index contributed by atoms with van der Waals surface area (Å²) in [6.07, 6.45) is 0.247. The third kappa shape index (κ3) is 5.23. The molecule has 0 bridgehead atoms. The molecule has 0 spiro atoms. The maximum atomic E-state index is 11.5. The van der Waals surface area contributed by atoms with Gasteiger partial charge in [-0.2, -0.15) is 4.98 Å². The molecule has 0 aliphatic carbocycles. The number of nitrogens with two attached hydrogens (primary N) is 2. The van der Waals surface area contributed by atoms with Gasteiger partial charge in [0.15, 0.2) is 5.82 Å². The number of carbonyl (C=O) groups excluding carboxylic acids is 1. The lowest BCUT2D eigenvalue weighted by Gasteiger charge is -2.08. The second kappa shape index (κ2) is 8.86. The molecule has 22 heavy (non-hydrogen) atoms. The fourth-order valence-electron chi connectivity index (χ4n) is 1.74. The summed E-state index contributed by atoms with van der Waals surface area (Å²) in [5, 5.41) is 4.49. The maximum absolute atomic E-state index is 11.5. The number of hydrogen-bond acceptors (Lipinski definition) is 4. The highest BCUT2D eigenvalue weighted by atomic mass is 35.5. The Hall–Kier alpha value is -2.31. The number of benzene rings is 1. The van der Waals surface area contributed by atoms with E-state index in [1.807, 2.05) is 42.6 Å². The molecule has 0 atom stereocenters. The van der Waals surface area contributed by atoms with Crippen molar-refractivity contribution in [3.8, 4) is 0 Å². The Morgan fingerprint density at radius 2 is 2.00 bits per heavy atom. The van der Waals surface area contributed by atoms with Crippen LogP contribution in [0.5, 0.6) is 0 Å². The summed E-state index contributed by atoms with van der Waals surface area (Å²) in [5.74, 6) is 0.985. The van der Waals surface area contributed by atoms with Crippen molar-refractivity contribution in [1.29, 1.82) is 0 Å². The number of aromatic nitrogens is 1. The van der Waals surface area contributed by atoms with Crippen LogP contribution in [0.4, 0.5) is 27.8 Å². The third-order valence-corrected chi connectivity index (χ3v) is 2.73. The molecular formula is C15H19ClN4O2. The molecule has 0 aliphatic heterocycles. The van der Waals surface area contributed by atoms with Crippen LogP contribution in [0.3, 0.4) is 0 Å². The second-order valence-corrected chi connectivity index (χ2v) is 4.48. The van der Waals surface area contributed by atoms with E-state index in [1.165, 1.54) is 0 Å². The van der Waals surface area contributed by atoms with Gasteiger partial charge >= 0.3 is 6.09 Å². The van der Waals surface area contributed by atoms with E-state index in [2.05, 4.69) is 10.3 Å². The van der Waals surface area contributed by atoms with Gasteiger partial charge in [-0.05, 0) is 24.6 Å². The van der Waals surface area contributed by atoms with E-state index in [9.17, 15) is 4.79 Å².